The molecule has 1 amide bonds. The third kappa shape index (κ3) is 2.77. The van der Waals surface area contributed by atoms with Crippen LogP contribution < -0.4 is 5.73 Å². The molecule has 8 heteroatoms. The largest absolute Gasteiger partial charge is 0.363 e. The van der Waals surface area contributed by atoms with Gasteiger partial charge in [0.1, 0.15) is 4.83 Å². The quantitative estimate of drug-likeness (QED) is 0.688. The zero-order valence-corrected chi connectivity index (χ0v) is 15.0. The summed E-state index contributed by atoms with van der Waals surface area (Å²) >= 11 is 13.3. The zero-order chi connectivity index (χ0) is 17.6. The Bertz CT molecular complexity index is 1010. The average Bonchev–Trinajstić information content (AvgIpc) is 2.86. The van der Waals surface area contributed by atoms with Crippen molar-refractivity contribution >= 4 is 56.4 Å². The Morgan fingerprint density at radius 2 is 1.88 bits per heavy atom. The van der Waals surface area contributed by atoms with Crippen LogP contribution in [0.15, 0.2) is 18.2 Å². The van der Waals surface area contributed by atoms with Crippen molar-refractivity contribution in [3.63, 3.8) is 0 Å². The maximum atomic E-state index is 11.8. The number of Topliss-reactive ketones (excluding diaryl/α,β-unsaturated/α-hetero) is 1. The maximum absolute atomic E-state index is 11.8. The Morgan fingerprint density at radius 1 is 1.17 bits per heavy atom. The molecule has 2 aromatic heterocycles. The summed E-state index contributed by atoms with van der Waals surface area (Å²) in [6, 6.07) is 5.04. The number of halogens is 2. The second kappa shape index (κ2) is 6.12. The van der Waals surface area contributed by atoms with Crippen molar-refractivity contribution in [2.24, 2.45) is 5.73 Å². The molecule has 0 unspecified atom stereocenters. The fourth-order valence-corrected chi connectivity index (χ4v) is 3.81. The van der Waals surface area contributed by atoms with Gasteiger partial charge in [-0.3, -0.25) is 9.59 Å². The minimum atomic E-state index is -0.742. The number of benzene rings is 1. The van der Waals surface area contributed by atoms with Crippen molar-refractivity contribution in [3.05, 3.63) is 44.5 Å². The number of amides is 1. The smallest absolute Gasteiger partial charge is 0.286 e. The third-order valence-corrected chi connectivity index (χ3v) is 5.55. The van der Waals surface area contributed by atoms with E-state index in [9.17, 15) is 9.59 Å². The first-order valence-corrected chi connectivity index (χ1v) is 8.44. The van der Waals surface area contributed by atoms with Crippen LogP contribution in [-0.2, 0) is 0 Å². The van der Waals surface area contributed by atoms with Gasteiger partial charge in [-0.2, -0.15) is 0 Å². The summed E-state index contributed by atoms with van der Waals surface area (Å²) in [6.45, 7) is 3.31. The molecule has 0 fully saturated rings. The van der Waals surface area contributed by atoms with Crippen LogP contribution in [0.5, 0.6) is 0 Å². The second-order valence-electron chi connectivity index (χ2n) is 5.18. The molecule has 0 saturated heterocycles. The van der Waals surface area contributed by atoms with Gasteiger partial charge in [0.05, 0.1) is 20.6 Å². The number of aromatic nitrogens is 2. The number of primary amides is 1. The summed E-state index contributed by atoms with van der Waals surface area (Å²) in [5.74, 6) is -0.926. The number of nitrogens with zero attached hydrogens (tertiary/aromatic N) is 2. The molecular formula is C16H11Cl2N3O2S. The van der Waals surface area contributed by atoms with Gasteiger partial charge in [-0.15, -0.1) is 11.3 Å². The molecule has 2 N–H and O–H groups in total. The van der Waals surface area contributed by atoms with Crippen molar-refractivity contribution in [1.82, 2.24) is 9.97 Å². The Kier molecular flexibility index (Phi) is 4.29. The lowest BCUT2D eigenvalue weighted by Gasteiger charge is -2.07. The van der Waals surface area contributed by atoms with E-state index in [1.807, 2.05) is 6.92 Å². The highest BCUT2D eigenvalue weighted by molar-refractivity contribution is 7.20. The zero-order valence-electron chi connectivity index (χ0n) is 12.7. The average molecular weight is 380 g/mol. The molecule has 0 bridgehead atoms. The van der Waals surface area contributed by atoms with Crippen molar-refractivity contribution in [2.75, 3.05) is 0 Å². The van der Waals surface area contributed by atoms with Crippen LogP contribution >= 0.6 is 34.5 Å². The number of carbonyl (C=O) groups is 2. The Balaban J connectivity index is 2.41. The number of hydrogen-bond acceptors (Lipinski definition) is 5. The van der Waals surface area contributed by atoms with Gasteiger partial charge < -0.3 is 5.73 Å². The lowest BCUT2D eigenvalue weighted by Crippen LogP contribution is -2.15. The first kappa shape index (κ1) is 16.8. The standard InChI is InChI=1S/C16H11Cl2N3O2S/c1-6-11-12(8-3-4-9(17)10(18)5-8)20-15(14(19)23)21-16(11)24-13(6)7(2)22/h3-5H,1-2H3,(H2,19,23). The van der Waals surface area contributed by atoms with Crippen LogP contribution in [0.4, 0.5) is 0 Å². The molecule has 0 atom stereocenters. The Labute approximate surface area is 151 Å². The van der Waals surface area contributed by atoms with Crippen molar-refractivity contribution < 1.29 is 9.59 Å². The van der Waals surface area contributed by atoms with E-state index in [2.05, 4.69) is 9.97 Å². The number of carbonyl (C=O) groups excluding carboxylic acids is 2. The Hall–Kier alpha value is -2.02. The van der Waals surface area contributed by atoms with E-state index in [1.54, 1.807) is 18.2 Å². The van der Waals surface area contributed by atoms with Crippen LogP contribution in [0.3, 0.4) is 0 Å². The van der Waals surface area contributed by atoms with Crippen LogP contribution in [0.25, 0.3) is 21.5 Å². The molecule has 24 heavy (non-hydrogen) atoms. The van der Waals surface area contributed by atoms with Crippen LogP contribution in [0, 0.1) is 6.92 Å². The predicted octanol–water partition coefficient (Wildman–Crippen LogP) is 4.28. The topological polar surface area (TPSA) is 85.9 Å². The molecule has 0 spiro atoms. The summed E-state index contributed by atoms with van der Waals surface area (Å²) in [6.07, 6.45) is 0. The maximum Gasteiger partial charge on any atom is 0.286 e. The van der Waals surface area contributed by atoms with Gasteiger partial charge in [0.2, 0.25) is 5.82 Å². The first-order valence-electron chi connectivity index (χ1n) is 6.87. The summed E-state index contributed by atoms with van der Waals surface area (Å²) in [5.41, 5.74) is 7.26. The van der Waals surface area contributed by atoms with Crippen molar-refractivity contribution in [1.29, 1.82) is 0 Å². The van der Waals surface area contributed by atoms with Crippen LogP contribution in [0.2, 0.25) is 10.0 Å². The molecule has 0 aliphatic rings. The van der Waals surface area contributed by atoms with Crippen LogP contribution in [0.1, 0.15) is 32.8 Å². The second-order valence-corrected chi connectivity index (χ2v) is 6.99. The number of aryl methyl sites for hydroxylation is 1. The van der Waals surface area contributed by atoms with Gasteiger partial charge in [-0.25, -0.2) is 9.97 Å². The van der Waals surface area contributed by atoms with Crippen LogP contribution in [-0.4, -0.2) is 21.7 Å². The molecule has 122 valence electrons. The fraction of sp³-hybridized carbons (Fsp3) is 0.125. The monoisotopic (exact) mass is 379 g/mol. The van der Waals surface area contributed by atoms with Gasteiger partial charge in [0.15, 0.2) is 5.78 Å². The number of hydrogen-bond donors (Lipinski definition) is 1. The predicted molar refractivity (Wildman–Crippen MR) is 96.1 cm³/mol. The van der Waals surface area contributed by atoms with E-state index in [1.165, 1.54) is 18.3 Å². The molecule has 1 aromatic carbocycles. The van der Waals surface area contributed by atoms with E-state index >= 15 is 0 Å². The lowest BCUT2D eigenvalue weighted by molar-refractivity contribution is 0.0988. The van der Waals surface area contributed by atoms with Crippen molar-refractivity contribution in [2.45, 2.75) is 13.8 Å². The van der Waals surface area contributed by atoms with Gasteiger partial charge in [-0.05, 0) is 31.5 Å². The van der Waals surface area contributed by atoms with Gasteiger partial charge in [0, 0.05) is 10.9 Å². The number of nitrogens with two attached hydrogens (primary N) is 1. The molecule has 0 aliphatic heterocycles. The highest BCUT2D eigenvalue weighted by Gasteiger charge is 2.21. The molecule has 0 saturated carbocycles. The summed E-state index contributed by atoms with van der Waals surface area (Å²) < 4.78 is 0. The highest BCUT2D eigenvalue weighted by atomic mass is 35.5. The number of fused-ring (bicyclic) bond motifs is 1. The molecule has 2 heterocycles. The number of rotatable bonds is 3. The van der Waals surface area contributed by atoms with E-state index in [-0.39, 0.29) is 11.6 Å². The van der Waals surface area contributed by atoms with Gasteiger partial charge in [0.25, 0.3) is 5.91 Å². The fourth-order valence-electron chi connectivity index (χ4n) is 2.44. The normalized spacial score (nSPS) is 11.0. The minimum Gasteiger partial charge on any atom is -0.363 e. The first-order chi connectivity index (χ1) is 11.3. The third-order valence-electron chi connectivity index (χ3n) is 3.52. The SMILES string of the molecule is CC(=O)c1sc2nc(C(N)=O)nc(-c3ccc(Cl)c(Cl)c3)c2c1C. The summed E-state index contributed by atoms with van der Waals surface area (Å²) in [5, 5.41) is 1.47. The van der Waals surface area contributed by atoms with E-state index in [0.29, 0.717) is 36.4 Å². The number of ketones is 1. The molecule has 5 nitrogen and oxygen atoms in total. The molecule has 0 aliphatic carbocycles. The summed E-state index contributed by atoms with van der Waals surface area (Å²) in [4.78, 5) is 33.0. The summed E-state index contributed by atoms with van der Waals surface area (Å²) in [7, 11) is 0. The molecular weight excluding hydrogens is 369 g/mol. The Morgan fingerprint density at radius 3 is 2.46 bits per heavy atom. The lowest BCUT2D eigenvalue weighted by atomic mass is 10.0. The van der Waals surface area contributed by atoms with E-state index < -0.39 is 5.91 Å². The molecule has 0 radical (unpaired) electrons. The molecule has 3 rings (SSSR count). The molecule has 3 aromatic rings. The highest BCUT2D eigenvalue weighted by Crippen LogP contribution is 2.37. The van der Waals surface area contributed by atoms with Gasteiger partial charge >= 0.3 is 0 Å². The van der Waals surface area contributed by atoms with Gasteiger partial charge in [-0.1, -0.05) is 29.3 Å². The minimum absolute atomic E-state index is 0.0730. The number of thiophene rings is 1. The van der Waals surface area contributed by atoms with E-state index in [0.717, 1.165) is 5.56 Å². The van der Waals surface area contributed by atoms with Crippen molar-refractivity contribution in [3.8, 4) is 11.3 Å². The van der Waals surface area contributed by atoms with E-state index in [4.69, 9.17) is 28.9 Å².